The van der Waals surface area contributed by atoms with Crippen LogP contribution in [0.3, 0.4) is 0 Å². The molecule has 0 aliphatic carbocycles. The number of ether oxygens (including phenoxy) is 2. The zero-order chi connectivity index (χ0) is 23.7. The monoisotopic (exact) mass is 440 g/mol. The van der Waals surface area contributed by atoms with Crippen molar-refractivity contribution < 1.29 is 23.8 Å². The maximum Gasteiger partial charge on any atom is 0.336 e. The van der Waals surface area contributed by atoms with E-state index in [1.807, 2.05) is 52.0 Å². The van der Waals surface area contributed by atoms with Crippen LogP contribution in [0.2, 0.25) is 0 Å². The van der Waals surface area contributed by atoms with E-state index in [2.05, 4.69) is 0 Å². The molecule has 0 amide bonds. The summed E-state index contributed by atoms with van der Waals surface area (Å²) in [6, 6.07) is 8.41. The van der Waals surface area contributed by atoms with Gasteiger partial charge in [0.15, 0.2) is 0 Å². The second-order valence-corrected chi connectivity index (χ2v) is 8.11. The zero-order valence-corrected chi connectivity index (χ0v) is 19.4. The van der Waals surface area contributed by atoms with Crippen LogP contribution in [0.15, 0.2) is 74.5 Å². The van der Waals surface area contributed by atoms with Gasteiger partial charge in [-0.1, -0.05) is 23.3 Å². The summed E-state index contributed by atoms with van der Waals surface area (Å²) in [5.74, 6) is 0.247. The zero-order valence-electron chi connectivity index (χ0n) is 19.4. The SMILES string of the molecule is CC(=O)OC(CC=C(C)C)/C(C)=C/[C@@H](O)C/C(C)=C/COc1ccc2ccc(=O)oc2c1. The smallest absolute Gasteiger partial charge is 0.336 e. The van der Waals surface area contributed by atoms with Crippen LogP contribution in [-0.2, 0) is 9.53 Å². The highest BCUT2D eigenvalue weighted by molar-refractivity contribution is 5.77. The second-order valence-electron chi connectivity index (χ2n) is 8.11. The largest absolute Gasteiger partial charge is 0.489 e. The van der Waals surface area contributed by atoms with Crippen LogP contribution in [0, 0.1) is 0 Å². The lowest BCUT2D eigenvalue weighted by molar-refractivity contribution is -0.144. The predicted molar refractivity (Wildman–Crippen MR) is 126 cm³/mol. The Bertz CT molecular complexity index is 1070. The van der Waals surface area contributed by atoms with Crippen molar-refractivity contribution in [2.75, 3.05) is 6.61 Å². The van der Waals surface area contributed by atoms with Crippen molar-refractivity contribution in [3.63, 3.8) is 0 Å². The molecule has 6 nitrogen and oxygen atoms in total. The highest BCUT2D eigenvalue weighted by atomic mass is 16.5. The number of allylic oxidation sites excluding steroid dienone is 1. The van der Waals surface area contributed by atoms with Crippen LogP contribution in [0.25, 0.3) is 11.0 Å². The van der Waals surface area contributed by atoms with Crippen LogP contribution >= 0.6 is 0 Å². The van der Waals surface area contributed by atoms with Crippen molar-refractivity contribution in [3.8, 4) is 5.75 Å². The van der Waals surface area contributed by atoms with Gasteiger partial charge in [0.05, 0.1) is 6.10 Å². The summed E-state index contributed by atoms with van der Waals surface area (Å²) in [6.07, 6.45) is 5.55. The topological polar surface area (TPSA) is 86.0 Å². The average molecular weight is 441 g/mol. The molecule has 1 aromatic carbocycles. The molecule has 2 atom stereocenters. The van der Waals surface area contributed by atoms with Crippen molar-refractivity contribution in [1.29, 1.82) is 0 Å². The summed E-state index contributed by atoms with van der Waals surface area (Å²) in [7, 11) is 0. The Labute approximate surface area is 188 Å². The quantitative estimate of drug-likeness (QED) is 0.314. The molecule has 32 heavy (non-hydrogen) atoms. The van der Waals surface area contributed by atoms with E-state index in [-0.39, 0.29) is 5.97 Å². The molecule has 0 aliphatic rings. The van der Waals surface area contributed by atoms with E-state index in [1.165, 1.54) is 13.0 Å². The lowest BCUT2D eigenvalue weighted by atomic mass is 10.0. The van der Waals surface area contributed by atoms with Gasteiger partial charge in [0.1, 0.15) is 24.0 Å². The molecule has 6 heteroatoms. The molecule has 2 rings (SSSR count). The molecule has 0 fully saturated rings. The van der Waals surface area contributed by atoms with E-state index >= 15 is 0 Å². The Morgan fingerprint density at radius 1 is 1.09 bits per heavy atom. The normalized spacial score (nSPS) is 14.1. The molecule has 0 spiro atoms. The number of rotatable bonds is 10. The van der Waals surface area contributed by atoms with Gasteiger partial charge in [-0.15, -0.1) is 0 Å². The van der Waals surface area contributed by atoms with E-state index in [0.717, 1.165) is 22.1 Å². The minimum atomic E-state index is -0.703. The molecular formula is C26H32O6. The summed E-state index contributed by atoms with van der Waals surface area (Å²) >= 11 is 0. The van der Waals surface area contributed by atoms with Gasteiger partial charge >= 0.3 is 11.6 Å². The fourth-order valence-corrected chi connectivity index (χ4v) is 3.16. The maximum atomic E-state index is 11.4. The highest BCUT2D eigenvalue weighted by Crippen LogP contribution is 2.20. The van der Waals surface area contributed by atoms with Crippen molar-refractivity contribution in [1.82, 2.24) is 0 Å². The number of fused-ring (bicyclic) bond motifs is 1. The summed E-state index contributed by atoms with van der Waals surface area (Å²) in [4.78, 5) is 22.8. The number of hydrogen-bond acceptors (Lipinski definition) is 6. The number of hydrogen-bond donors (Lipinski definition) is 1. The van der Waals surface area contributed by atoms with Gasteiger partial charge in [-0.05, 0) is 64.0 Å². The molecule has 1 heterocycles. The molecule has 0 saturated carbocycles. The summed E-state index contributed by atoms with van der Waals surface area (Å²) < 4.78 is 16.3. The Morgan fingerprint density at radius 2 is 1.81 bits per heavy atom. The van der Waals surface area contributed by atoms with Gasteiger partial charge in [-0.2, -0.15) is 0 Å². The third kappa shape index (κ3) is 8.55. The van der Waals surface area contributed by atoms with Crippen LogP contribution in [0.1, 0.15) is 47.5 Å². The number of aliphatic hydroxyl groups is 1. The standard InChI is InChI=1S/C26H32O6/c1-17(2)6-10-24(31-20(5)27)19(4)15-22(28)14-18(3)12-13-30-23-9-7-21-8-11-26(29)32-25(21)16-23/h6-9,11-12,15-16,22,24,28H,10,13-14H2,1-5H3/b18-12+,19-15+/t22-,24?/m0/s1. The number of esters is 1. The molecule has 0 saturated heterocycles. The summed E-state index contributed by atoms with van der Waals surface area (Å²) in [5, 5.41) is 11.3. The lowest BCUT2D eigenvalue weighted by Crippen LogP contribution is -2.19. The van der Waals surface area contributed by atoms with Crippen LogP contribution in [0.4, 0.5) is 0 Å². The van der Waals surface area contributed by atoms with Crippen molar-refractivity contribution in [2.24, 2.45) is 0 Å². The Hall–Kier alpha value is -3.12. The molecule has 0 aliphatic heterocycles. The minimum Gasteiger partial charge on any atom is -0.489 e. The van der Waals surface area contributed by atoms with E-state index < -0.39 is 17.8 Å². The average Bonchev–Trinajstić information content (AvgIpc) is 2.70. The Balaban J connectivity index is 1.95. The number of aliphatic hydroxyl groups excluding tert-OH is 1. The first-order chi connectivity index (χ1) is 15.1. The molecule has 0 bridgehead atoms. The lowest BCUT2D eigenvalue weighted by Gasteiger charge is -2.18. The van der Waals surface area contributed by atoms with Gasteiger partial charge in [0.25, 0.3) is 0 Å². The van der Waals surface area contributed by atoms with E-state index in [9.17, 15) is 14.7 Å². The van der Waals surface area contributed by atoms with Gasteiger partial charge in [0, 0.05) is 30.9 Å². The molecular weight excluding hydrogens is 408 g/mol. The first kappa shape index (κ1) is 25.1. The van der Waals surface area contributed by atoms with Crippen LogP contribution < -0.4 is 10.4 Å². The van der Waals surface area contributed by atoms with Gasteiger partial charge < -0.3 is 19.0 Å². The predicted octanol–water partition coefficient (Wildman–Crippen LogP) is 5.10. The van der Waals surface area contributed by atoms with Crippen LogP contribution in [0.5, 0.6) is 5.75 Å². The summed E-state index contributed by atoms with van der Waals surface area (Å²) in [5.41, 5.74) is 2.98. The molecule has 1 N–H and O–H groups in total. The fourth-order valence-electron chi connectivity index (χ4n) is 3.16. The molecule has 0 radical (unpaired) electrons. The minimum absolute atomic E-state index is 0.320. The van der Waals surface area contributed by atoms with E-state index in [0.29, 0.717) is 30.8 Å². The van der Waals surface area contributed by atoms with E-state index in [1.54, 1.807) is 18.2 Å². The first-order valence-corrected chi connectivity index (χ1v) is 10.6. The van der Waals surface area contributed by atoms with Crippen molar-refractivity contribution in [2.45, 2.75) is 59.7 Å². The first-order valence-electron chi connectivity index (χ1n) is 10.6. The van der Waals surface area contributed by atoms with Gasteiger partial charge in [0.2, 0.25) is 0 Å². The summed E-state index contributed by atoms with van der Waals surface area (Å²) in [6.45, 7) is 9.46. The second kappa shape index (κ2) is 12.1. The molecule has 2 aromatic rings. The molecule has 1 aromatic heterocycles. The van der Waals surface area contributed by atoms with Crippen molar-refractivity contribution in [3.05, 3.63) is 75.7 Å². The number of benzene rings is 1. The van der Waals surface area contributed by atoms with Crippen LogP contribution in [-0.4, -0.2) is 29.9 Å². The molecule has 1 unspecified atom stereocenters. The van der Waals surface area contributed by atoms with Gasteiger partial charge in [-0.3, -0.25) is 4.79 Å². The number of carbonyl (C=O) groups excluding carboxylic acids is 1. The van der Waals surface area contributed by atoms with Gasteiger partial charge in [-0.25, -0.2) is 4.79 Å². The Morgan fingerprint density at radius 3 is 2.50 bits per heavy atom. The number of carbonyl (C=O) groups is 1. The Kier molecular flexibility index (Phi) is 9.47. The van der Waals surface area contributed by atoms with E-state index in [4.69, 9.17) is 13.9 Å². The highest BCUT2D eigenvalue weighted by Gasteiger charge is 2.14. The third-order valence-corrected chi connectivity index (χ3v) is 4.82. The third-order valence-electron chi connectivity index (χ3n) is 4.82. The fraction of sp³-hybridized carbons (Fsp3) is 0.385. The maximum absolute atomic E-state index is 11.4. The molecule has 172 valence electrons. The van der Waals surface area contributed by atoms with Crippen molar-refractivity contribution >= 4 is 16.9 Å².